The normalized spacial score (nSPS) is 12.8. The fraction of sp³-hybridized carbons (Fsp3) is 0.333. The van der Waals surface area contributed by atoms with E-state index in [4.69, 9.17) is 0 Å². The van der Waals surface area contributed by atoms with E-state index in [9.17, 15) is 22.4 Å². The number of sulfonamides is 1. The number of benzene rings is 3. The van der Waals surface area contributed by atoms with E-state index in [1.54, 1.807) is 0 Å². The predicted octanol–water partition coefficient (Wildman–Crippen LogP) is 4.45. The fourth-order valence-corrected chi connectivity index (χ4v) is 5.07. The number of nitrogens with one attached hydrogen (secondary N) is 1. The second kappa shape index (κ2) is 13.4. The summed E-state index contributed by atoms with van der Waals surface area (Å²) in [6.07, 6.45) is 1.85. The summed E-state index contributed by atoms with van der Waals surface area (Å²) >= 11 is 0. The van der Waals surface area contributed by atoms with Gasteiger partial charge < -0.3 is 10.2 Å². The van der Waals surface area contributed by atoms with Crippen LogP contribution < -0.4 is 9.62 Å². The van der Waals surface area contributed by atoms with Crippen molar-refractivity contribution in [3.63, 3.8) is 0 Å². The van der Waals surface area contributed by atoms with Gasteiger partial charge >= 0.3 is 0 Å². The lowest BCUT2D eigenvalue weighted by molar-refractivity contribution is -0.140. The highest BCUT2D eigenvalue weighted by molar-refractivity contribution is 7.92. The standard InChI is InChI=1S/C30H36FN3O4S/c1-5-23(3)32-30(36)28(19-24-14-7-6-8-15-24)33(20-25-16-10-9-13-22(25)2)29(35)21-34(39(4,37)38)27-18-12-11-17-26(27)31/h6-18,23,28H,5,19-21H2,1-4H3,(H,32,36)/t23-,28+/m1/s1. The average Bonchev–Trinajstić information content (AvgIpc) is 2.90. The van der Waals surface area contributed by atoms with Crippen LogP contribution >= 0.6 is 0 Å². The molecule has 3 aromatic rings. The van der Waals surface area contributed by atoms with Crippen molar-refractivity contribution in [2.24, 2.45) is 0 Å². The quantitative estimate of drug-likeness (QED) is 0.359. The molecule has 0 saturated heterocycles. The number of amides is 2. The van der Waals surface area contributed by atoms with Crippen molar-refractivity contribution >= 4 is 27.5 Å². The van der Waals surface area contributed by atoms with E-state index in [1.807, 2.05) is 75.4 Å². The van der Waals surface area contributed by atoms with Crippen molar-refractivity contribution in [2.45, 2.75) is 52.2 Å². The number of nitrogens with zero attached hydrogens (tertiary/aromatic N) is 2. The molecular weight excluding hydrogens is 517 g/mol. The zero-order chi connectivity index (χ0) is 28.6. The van der Waals surface area contributed by atoms with E-state index in [1.165, 1.54) is 23.1 Å². The maximum atomic E-state index is 14.7. The Hall–Kier alpha value is -3.72. The molecule has 0 heterocycles. The van der Waals surface area contributed by atoms with Gasteiger partial charge in [-0.1, -0.05) is 73.7 Å². The first-order valence-corrected chi connectivity index (χ1v) is 14.8. The maximum absolute atomic E-state index is 14.7. The molecule has 0 aliphatic rings. The van der Waals surface area contributed by atoms with E-state index in [-0.39, 0.29) is 30.6 Å². The number of carbonyl (C=O) groups excluding carboxylic acids is 2. The molecule has 7 nitrogen and oxygen atoms in total. The smallest absolute Gasteiger partial charge is 0.244 e. The highest BCUT2D eigenvalue weighted by Crippen LogP contribution is 2.23. The van der Waals surface area contributed by atoms with Gasteiger partial charge in [0.1, 0.15) is 18.4 Å². The highest BCUT2D eigenvalue weighted by Gasteiger charge is 2.34. The lowest BCUT2D eigenvalue weighted by Crippen LogP contribution is -2.54. The molecule has 2 amide bonds. The average molecular weight is 554 g/mol. The lowest BCUT2D eigenvalue weighted by atomic mass is 10.0. The Balaban J connectivity index is 2.08. The molecular formula is C30H36FN3O4S. The Morgan fingerprint density at radius 2 is 1.56 bits per heavy atom. The third-order valence-corrected chi connectivity index (χ3v) is 7.80. The number of hydrogen-bond acceptors (Lipinski definition) is 4. The third kappa shape index (κ3) is 8.13. The summed E-state index contributed by atoms with van der Waals surface area (Å²) in [7, 11) is -4.03. The molecule has 0 spiro atoms. The van der Waals surface area contributed by atoms with Crippen LogP contribution in [0.15, 0.2) is 78.9 Å². The molecule has 9 heteroatoms. The number of aryl methyl sites for hydroxylation is 1. The van der Waals surface area contributed by atoms with E-state index >= 15 is 0 Å². The molecule has 2 atom stereocenters. The second-order valence-electron chi connectivity index (χ2n) is 9.69. The molecule has 0 radical (unpaired) electrons. The Kier molecular flexibility index (Phi) is 10.2. The maximum Gasteiger partial charge on any atom is 0.244 e. The molecule has 0 unspecified atom stereocenters. The molecule has 0 saturated carbocycles. The number of anilines is 1. The van der Waals surface area contributed by atoms with Crippen molar-refractivity contribution in [2.75, 3.05) is 17.1 Å². The molecule has 3 rings (SSSR count). The van der Waals surface area contributed by atoms with Crippen molar-refractivity contribution in [1.29, 1.82) is 0 Å². The summed E-state index contributed by atoms with van der Waals surface area (Å²) < 4.78 is 40.9. The number of para-hydroxylation sites is 1. The van der Waals surface area contributed by atoms with Crippen molar-refractivity contribution in [1.82, 2.24) is 10.2 Å². The minimum Gasteiger partial charge on any atom is -0.352 e. The Morgan fingerprint density at radius 1 is 0.949 bits per heavy atom. The number of carbonyl (C=O) groups is 2. The number of rotatable bonds is 12. The van der Waals surface area contributed by atoms with Crippen LogP contribution in [0.1, 0.15) is 37.0 Å². The molecule has 0 aliphatic carbocycles. The van der Waals surface area contributed by atoms with Crippen LogP contribution in [0.3, 0.4) is 0 Å². The molecule has 1 N–H and O–H groups in total. The molecule has 0 aromatic heterocycles. The van der Waals surface area contributed by atoms with Crippen LogP contribution in [0.4, 0.5) is 10.1 Å². The second-order valence-corrected chi connectivity index (χ2v) is 11.6. The first-order chi connectivity index (χ1) is 18.5. The van der Waals surface area contributed by atoms with Crippen molar-refractivity contribution in [3.05, 3.63) is 101 Å². The molecule has 3 aromatic carbocycles. The van der Waals surface area contributed by atoms with E-state index < -0.39 is 34.3 Å². The topological polar surface area (TPSA) is 86.8 Å². The summed E-state index contributed by atoms with van der Waals surface area (Å²) in [6.45, 7) is 5.16. The SMILES string of the molecule is CC[C@@H](C)NC(=O)[C@H](Cc1ccccc1)N(Cc1ccccc1C)C(=O)CN(c1ccccc1F)S(C)(=O)=O. The van der Waals surface area contributed by atoms with Gasteiger partial charge in [-0.3, -0.25) is 13.9 Å². The largest absolute Gasteiger partial charge is 0.352 e. The molecule has 0 aliphatic heterocycles. The molecule has 0 bridgehead atoms. The summed E-state index contributed by atoms with van der Waals surface area (Å²) in [5, 5.41) is 2.99. The van der Waals surface area contributed by atoms with Crippen LogP contribution in [0.25, 0.3) is 0 Å². The van der Waals surface area contributed by atoms with Gasteiger partial charge in [-0.15, -0.1) is 0 Å². The lowest BCUT2D eigenvalue weighted by Gasteiger charge is -2.34. The van der Waals surface area contributed by atoms with Crippen LogP contribution in [-0.2, 0) is 32.6 Å². The fourth-order valence-electron chi connectivity index (χ4n) is 4.21. The van der Waals surface area contributed by atoms with Crippen LogP contribution in [0.2, 0.25) is 0 Å². The van der Waals surface area contributed by atoms with Gasteiger partial charge in [-0.05, 0) is 49.1 Å². The minimum absolute atomic E-state index is 0.0752. The zero-order valence-electron chi connectivity index (χ0n) is 22.8. The van der Waals surface area contributed by atoms with E-state index in [0.29, 0.717) is 6.42 Å². The molecule has 208 valence electrons. The Labute approximate surface area is 230 Å². The third-order valence-electron chi connectivity index (χ3n) is 6.67. The van der Waals surface area contributed by atoms with Crippen molar-refractivity contribution in [3.8, 4) is 0 Å². The van der Waals surface area contributed by atoms with Gasteiger partial charge in [0.15, 0.2) is 0 Å². The number of hydrogen-bond donors (Lipinski definition) is 1. The highest BCUT2D eigenvalue weighted by atomic mass is 32.2. The monoisotopic (exact) mass is 553 g/mol. The van der Waals surface area contributed by atoms with Gasteiger partial charge in [0.05, 0.1) is 11.9 Å². The molecule has 39 heavy (non-hydrogen) atoms. The van der Waals surface area contributed by atoms with Gasteiger partial charge in [0.2, 0.25) is 21.8 Å². The first-order valence-electron chi connectivity index (χ1n) is 12.9. The van der Waals surface area contributed by atoms with Crippen LogP contribution in [-0.4, -0.2) is 50.0 Å². The Bertz CT molecular complexity index is 1380. The summed E-state index contributed by atoms with van der Waals surface area (Å²) in [4.78, 5) is 29.1. The summed E-state index contributed by atoms with van der Waals surface area (Å²) in [5.74, 6) is -1.73. The van der Waals surface area contributed by atoms with Gasteiger partial charge in [0.25, 0.3) is 0 Å². The van der Waals surface area contributed by atoms with E-state index in [2.05, 4.69) is 5.32 Å². The van der Waals surface area contributed by atoms with Crippen molar-refractivity contribution < 1.29 is 22.4 Å². The van der Waals surface area contributed by atoms with Crippen LogP contribution in [0.5, 0.6) is 0 Å². The number of halogens is 1. The summed E-state index contributed by atoms with van der Waals surface area (Å²) in [6, 6.07) is 21.2. The van der Waals surface area contributed by atoms with Gasteiger partial charge in [-0.2, -0.15) is 0 Å². The first kappa shape index (κ1) is 29.8. The predicted molar refractivity (Wildman–Crippen MR) is 152 cm³/mol. The zero-order valence-corrected chi connectivity index (χ0v) is 23.6. The summed E-state index contributed by atoms with van der Waals surface area (Å²) in [5.41, 5.74) is 2.36. The molecule has 0 fully saturated rings. The van der Waals surface area contributed by atoms with E-state index in [0.717, 1.165) is 33.3 Å². The minimum atomic E-state index is -4.03. The van der Waals surface area contributed by atoms with Gasteiger partial charge in [0, 0.05) is 19.0 Å². The van der Waals surface area contributed by atoms with Crippen LogP contribution in [0, 0.1) is 12.7 Å². The Morgan fingerprint density at radius 3 is 2.18 bits per heavy atom. The van der Waals surface area contributed by atoms with Gasteiger partial charge in [-0.25, -0.2) is 12.8 Å².